The number of phenols is 1. The fraction of sp³-hybridized carbons (Fsp3) is 0.280. The zero-order chi connectivity index (χ0) is 41.3. The van der Waals surface area contributed by atoms with E-state index in [2.05, 4.69) is 27.7 Å². The molecule has 3 aliphatic rings. The van der Waals surface area contributed by atoms with Crippen molar-refractivity contribution in [2.24, 2.45) is 0 Å². The molecule has 61 heavy (non-hydrogen) atoms. The van der Waals surface area contributed by atoms with Crippen molar-refractivity contribution in [3.63, 3.8) is 0 Å². The minimum atomic E-state index is -0.459. The second-order valence-electron chi connectivity index (χ2n) is 16.0. The standard InChI is InChI=1S/C50H49FN4O5.ClH/c1-33-13-15-34(16-14-33)48-44(51)10-7-12-46(48)55(37-17-19-39(56)20-18-37)50(58)43-30-47(53-23-6-5-11-45(43)53)42-29-40(59-2)21-22-41(42)49(57)54-31-36-9-4-3-8-35(36)28-38(54)32-52-24-26-60-27-25-52;/h3-4,7-10,12-22,29-30,38,56H,5-6,11,23-28,31-32H2,1-2H3;1H/t38-;/m0./s1. The number of amides is 2. The quantitative estimate of drug-likeness (QED) is 0.156. The molecule has 9 nitrogen and oxygen atoms in total. The van der Waals surface area contributed by atoms with E-state index in [4.69, 9.17) is 9.47 Å². The van der Waals surface area contributed by atoms with Gasteiger partial charge in [-0.05, 0) is 110 Å². The summed E-state index contributed by atoms with van der Waals surface area (Å²) < 4.78 is 29.7. The third-order valence-electron chi connectivity index (χ3n) is 12.3. The summed E-state index contributed by atoms with van der Waals surface area (Å²) in [6, 6.07) is 34.6. The van der Waals surface area contributed by atoms with E-state index in [0.717, 1.165) is 61.4 Å². The number of aromatic nitrogens is 1. The molecule has 9 rings (SSSR count). The summed E-state index contributed by atoms with van der Waals surface area (Å²) in [4.78, 5) is 36.6. The summed E-state index contributed by atoms with van der Waals surface area (Å²) in [5.74, 6) is -0.229. The SMILES string of the molecule is COc1ccc(C(=O)N2Cc3ccccc3C[C@H]2CN2CCOCC2)c(-c2cc(C(=O)N(c3ccc(O)cc3)c3cccc(F)c3-c3ccc(C)cc3)c3n2CCCC3)c1.Cl. The molecular weight excluding hydrogens is 791 g/mol. The maximum absolute atomic E-state index is 16.1. The highest BCUT2D eigenvalue weighted by Crippen LogP contribution is 2.42. The van der Waals surface area contributed by atoms with Crippen molar-refractivity contribution in [3.05, 3.63) is 155 Å². The molecule has 0 spiro atoms. The van der Waals surface area contributed by atoms with E-state index in [1.807, 2.05) is 66.4 Å². The van der Waals surface area contributed by atoms with Gasteiger partial charge in [-0.25, -0.2) is 4.39 Å². The van der Waals surface area contributed by atoms with Crippen LogP contribution in [0.3, 0.4) is 0 Å². The van der Waals surface area contributed by atoms with E-state index in [9.17, 15) is 5.11 Å². The Hall–Kier alpha value is -5.94. The Kier molecular flexibility index (Phi) is 12.3. The molecule has 1 saturated heterocycles. The minimum Gasteiger partial charge on any atom is -0.508 e. The first kappa shape index (κ1) is 41.8. The van der Waals surface area contributed by atoms with E-state index in [-0.39, 0.29) is 36.0 Å². The van der Waals surface area contributed by atoms with Crippen molar-refractivity contribution in [3.8, 4) is 33.9 Å². The zero-order valence-corrected chi connectivity index (χ0v) is 35.3. The van der Waals surface area contributed by atoms with Gasteiger partial charge in [0.25, 0.3) is 11.8 Å². The van der Waals surface area contributed by atoms with E-state index in [0.29, 0.717) is 77.7 Å². The van der Waals surface area contributed by atoms with Crippen LogP contribution in [-0.4, -0.2) is 77.3 Å². The number of carbonyl (C=O) groups is 2. The van der Waals surface area contributed by atoms with Crippen molar-refractivity contribution in [1.82, 2.24) is 14.4 Å². The molecule has 0 unspecified atom stereocenters. The number of anilines is 2. The summed E-state index contributed by atoms with van der Waals surface area (Å²) in [6.07, 6.45) is 3.19. The summed E-state index contributed by atoms with van der Waals surface area (Å²) in [6.45, 7) is 6.87. The van der Waals surface area contributed by atoms with Crippen LogP contribution in [0.4, 0.5) is 15.8 Å². The number of aryl methyl sites for hydroxylation is 1. The van der Waals surface area contributed by atoms with Gasteiger partial charge in [0.15, 0.2) is 0 Å². The largest absolute Gasteiger partial charge is 0.508 e. The molecule has 2 amide bonds. The van der Waals surface area contributed by atoms with Gasteiger partial charge in [-0.3, -0.25) is 19.4 Å². The molecule has 0 bridgehead atoms. The molecule has 0 saturated carbocycles. The molecule has 314 valence electrons. The Labute approximate surface area is 362 Å². The van der Waals surface area contributed by atoms with Gasteiger partial charge in [0, 0.05) is 72.5 Å². The maximum Gasteiger partial charge on any atom is 0.264 e. The van der Waals surface area contributed by atoms with Crippen LogP contribution in [0, 0.1) is 12.7 Å². The molecule has 1 atom stereocenters. The highest BCUT2D eigenvalue weighted by Gasteiger charge is 2.35. The molecule has 5 aromatic carbocycles. The molecule has 1 aromatic heterocycles. The predicted octanol–water partition coefficient (Wildman–Crippen LogP) is 9.62. The van der Waals surface area contributed by atoms with Gasteiger partial charge in [-0.1, -0.05) is 60.2 Å². The molecule has 3 aliphatic heterocycles. The Morgan fingerprint density at radius 3 is 2.36 bits per heavy atom. The monoisotopic (exact) mass is 840 g/mol. The first-order chi connectivity index (χ1) is 29.3. The topological polar surface area (TPSA) is 87.5 Å². The van der Waals surface area contributed by atoms with Crippen LogP contribution in [-0.2, 0) is 30.7 Å². The smallest absolute Gasteiger partial charge is 0.264 e. The number of phenolic OH excluding ortho intramolecular Hbond substituents is 1. The molecule has 1 N–H and O–H groups in total. The number of benzene rings is 5. The molecule has 11 heteroatoms. The van der Waals surface area contributed by atoms with Crippen LogP contribution in [0.2, 0.25) is 0 Å². The predicted molar refractivity (Wildman–Crippen MR) is 239 cm³/mol. The fourth-order valence-electron chi connectivity index (χ4n) is 9.15. The van der Waals surface area contributed by atoms with Crippen molar-refractivity contribution in [2.75, 3.05) is 44.9 Å². The Balaban J connectivity index is 0.00000514. The summed E-state index contributed by atoms with van der Waals surface area (Å²) >= 11 is 0. The minimum absolute atomic E-state index is 0. The second kappa shape index (κ2) is 18.0. The number of ether oxygens (including phenoxy) is 2. The third-order valence-corrected chi connectivity index (χ3v) is 12.3. The number of nitrogens with zero attached hydrogens (tertiary/aromatic N) is 4. The van der Waals surface area contributed by atoms with E-state index in [1.165, 1.54) is 23.8 Å². The number of morpholine rings is 1. The van der Waals surface area contributed by atoms with Crippen LogP contribution >= 0.6 is 12.4 Å². The van der Waals surface area contributed by atoms with Gasteiger partial charge in [-0.2, -0.15) is 0 Å². The number of hydrogen-bond acceptors (Lipinski definition) is 6. The molecular formula is C50H50ClFN4O5. The molecule has 4 heterocycles. The number of rotatable bonds is 9. The van der Waals surface area contributed by atoms with Crippen LogP contribution in [0.15, 0.2) is 115 Å². The highest BCUT2D eigenvalue weighted by atomic mass is 35.5. The van der Waals surface area contributed by atoms with Crippen LogP contribution in [0.1, 0.15) is 55.9 Å². The first-order valence-corrected chi connectivity index (χ1v) is 20.8. The number of carbonyl (C=O) groups excluding carboxylic acids is 2. The normalized spacial score (nSPS) is 16.2. The lowest BCUT2D eigenvalue weighted by atomic mass is 9.92. The molecule has 0 aliphatic carbocycles. The number of fused-ring (bicyclic) bond motifs is 2. The number of halogens is 2. The maximum atomic E-state index is 16.1. The number of hydrogen-bond donors (Lipinski definition) is 1. The van der Waals surface area contributed by atoms with Gasteiger partial charge in [0.05, 0.1) is 31.6 Å². The van der Waals surface area contributed by atoms with Crippen molar-refractivity contribution < 1.29 is 28.6 Å². The van der Waals surface area contributed by atoms with Gasteiger partial charge in [0.1, 0.15) is 17.3 Å². The van der Waals surface area contributed by atoms with E-state index in [1.54, 1.807) is 36.3 Å². The van der Waals surface area contributed by atoms with Crippen molar-refractivity contribution in [2.45, 2.75) is 51.7 Å². The van der Waals surface area contributed by atoms with E-state index >= 15 is 14.0 Å². The van der Waals surface area contributed by atoms with Crippen molar-refractivity contribution >= 4 is 35.6 Å². The lowest BCUT2D eigenvalue weighted by Crippen LogP contribution is -2.52. The highest BCUT2D eigenvalue weighted by molar-refractivity contribution is 6.14. The Morgan fingerprint density at radius 1 is 0.852 bits per heavy atom. The van der Waals surface area contributed by atoms with Crippen LogP contribution < -0.4 is 9.64 Å². The zero-order valence-electron chi connectivity index (χ0n) is 34.5. The van der Waals surface area contributed by atoms with Crippen LogP contribution in [0.5, 0.6) is 11.5 Å². The lowest BCUT2D eigenvalue weighted by molar-refractivity contribution is 0.0193. The van der Waals surface area contributed by atoms with Crippen molar-refractivity contribution in [1.29, 1.82) is 0 Å². The van der Waals surface area contributed by atoms with Crippen LogP contribution in [0.25, 0.3) is 22.4 Å². The van der Waals surface area contributed by atoms with Gasteiger partial charge in [0.2, 0.25) is 0 Å². The first-order valence-electron chi connectivity index (χ1n) is 20.8. The molecule has 1 fully saturated rings. The number of aromatic hydroxyl groups is 1. The number of methoxy groups -OCH3 is 1. The average molecular weight is 841 g/mol. The Bertz CT molecular complexity index is 2550. The molecule has 0 radical (unpaired) electrons. The lowest BCUT2D eigenvalue weighted by Gasteiger charge is -2.40. The molecule has 6 aromatic rings. The van der Waals surface area contributed by atoms with E-state index < -0.39 is 5.82 Å². The second-order valence-corrected chi connectivity index (χ2v) is 16.0. The third kappa shape index (κ3) is 8.28. The fourth-order valence-corrected chi connectivity index (χ4v) is 9.15. The van der Waals surface area contributed by atoms with Gasteiger partial charge < -0.3 is 24.0 Å². The van der Waals surface area contributed by atoms with Gasteiger partial charge >= 0.3 is 0 Å². The average Bonchev–Trinajstić information content (AvgIpc) is 3.67. The van der Waals surface area contributed by atoms with Gasteiger partial charge in [-0.15, -0.1) is 12.4 Å². The summed E-state index contributed by atoms with van der Waals surface area (Å²) in [7, 11) is 1.61. The Morgan fingerprint density at radius 2 is 1.61 bits per heavy atom. The summed E-state index contributed by atoms with van der Waals surface area (Å²) in [5, 5.41) is 10.3. The summed E-state index contributed by atoms with van der Waals surface area (Å²) in [5.41, 5.74) is 8.52.